The van der Waals surface area contributed by atoms with Gasteiger partial charge in [0.2, 0.25) is 0 Å². The summed E-state index contributed by atoms with van der Waals surface area (Å²) >= 11 is 1.65. The molecule has 78 valence electrons. The van der Waals surface area contributed by atoms with Crippen molar-refractivity contribution in [2.24, 2.45) is 0 Å². The van der Waals surface area contributed by atoms with Crippen molar-refractivity contribution in [3.05, 3.63) is 16.6 Å². The first-order valence-corrected chi connectivity index (χ1v) is 6.01. The van der Waals surface area contributed by atoms with Gasteiger partial charge in [0.1, 0.15) is 0 Å². The number of nitrogens with one attached hydrogen (secondary N) is 1. The van der Waals surface area contributed by atoms with E-state index in [1.54, 1.807) is 11.3 Å². The van der Waals surface area contributed by atoms with Crippen molar-refractivity contribution in [1.29, 1.82) is 0 Å². The van der Waals surface area contributed by atoms with Gasteiger partial charge in [-0.2, -0.15) is 0 Å². The third-order valence-corrected chi connectivity index (χ3v) is 3.21. The van der Waals surface area contributed by atoms with Gasteiger partial charge in [-0.3, -0.25) is 4.98 Å². The number of aromatic nitrogens is 1. The van der Waals surface area contributed by atoms with E-state index in [1.165, 1.54) is 24.1 Å². The summed E-state index contributed by atoms with van der Waals surface area (Å²) in [5.41, 5.74) is 1.84. The van der Waals surface area contributed by atoms with Gasteiger partial charge < -0.3 is 10.1 Å². The van der Waals surface area contributed by atoms with Crippen LogP contribution in [-0.4, -0.2) is 24.2 Å². The van der Waals surface area contributed by atoms with Crippen LogP contribution in [0.3, 0.4) is 0 Å². The molecule has 2 rings (SSSR count). The van der Waals surface area contributed by atoms with Crippen LogP contribution in [0.5, 0.6) is 0 Å². The molecule has 0 amide bonds. The average Bonchev–Trinajstić information content (AvgIpc) is 2.72. The lowest BCUT2D eigenvalue weighted by Crippen LogP contribution is -2.37. The molecule has 1 fully saturated rings. The van der Waals surface area contributed by atoms with Crippen molar-refractivity contribution >= 4 is 11.3 Å². The molecule has 3 nitrogen and oxygen atoms in total. The van der Waals surface area contributed by atoms with Crippen molar-refractivity contribution in [1.82, 2.24) is 10.3 Å². The van der Waals surface area contributed by atoms with Crippen LogP contribution in [0.1, 0.15) is 24.1 Å². The second-order valence-electron chi connectivity index (χ2n) is 3.63. The summed E-state index contributed by atoms with van der Waals surface area (Å²) in [5, 5.41) is 3.46. The third-order valence-electron chi connectivity index (χ3n) is 2.46. The predicted octanol–water partition coefficient (Wildman–Crippen LogP) is 1.80. The van der Waals surface area contributed by atoms with Gasteiger partial charge in [0.05, 0.1) is 23.6 Å². The lowest BCUT2D eigenvalue weighted by Gasteiger charge is -2.22. The average molecular weight is 212 g/mol. The summed E-state index contributed by atoms with van der Waals surface area (Å²) in [7, 11) is 0. The van der Waals surface area contributed by atoms with Crippen molar-refractivity contribution in [3.63, 3.8) is 0 Å². The summed E-state index contributed by atoms with van der Waals surface area (Å²) in [6.07, 6.45) is 5.77. The van der Waals surface area contributed by atoms with Gasteiger partial charge in [-0.05, 0) is 19.4 Å². The van der Waals surface area contributed by atoms with E-state index in [2.05, 4.69) is 10.3 Å². The number of rotatable bonds is 4. The molecule has 0 spiro atoms. The minimum absolute atomic E-state index is 0.566. The zero-order valence-electron chi connectivity index (χ0n) is 8.24. The SMILES string of the molecule is c1ncc(COC[C@H]2CCCCN2)s1. The highest BCUT2D eigenvalue weighted by atomic mass is 32.1. The van der Waals surface area contributed by atoms with E-state index in [0.717, 1.165) is 13.2 Å². The van der Waals surface area contributed by atoms with E-state index in [1.807, 2.05) is 11.7 Å². The Kier molecular flexibility index (Phi) is 3.91. The van der Waals surface area contributed by atoms with Crippen molar-refractivity contribution < 1.29 is 4.74 Å². The molecule has 14 heavy (non-hydrogen) atoms. The Morgan fingerprint density at radius 3 is 3.29 bits per heavy atom. The number of ether oxygens (including phenoxy) is 1. The Morgan fingerprint density at radius 2 is 2.57 bits per heavy atom. The lowest BCUT2D eigenvalue weighted by atomic mass is 10.1. The molecule has 1 aliphatic heterocycles. The van der Waals surface area contributed by atoms with Crippen LogP contribution in [0, 0.1) is 0 Å². The maximum Gasteiger partial charge on any atom is 0.0826 e. The quantitative estimate of drug-likeness (QED) is 0.826. The highest BCUT2D eigenvalue weighted by Crippen LogP contribution is 2.10. The van der Waals surface area contributed by atoms with Crippen molar-refractivity contribution in [2.75, 3.05) is 13.2 Å². The van der Waals surface area contributed by atoms with Gasteiger partial charge in [0.25, 0.3) is 0 Å². The minimum Gasteiger partial charge on any atom is -0.374 e. The summed E-state index contributed by atoms with van der Waals surface area (Å²) in [4.78, 5) is 5.22. The van der Waals surface area contributed by atoms with Crippen LogP contribution in [0.25, 0.3) is 0 Å². The van der Waals surface area contributed by atoms with Crippen LogP contribution >= 0.6 is 11.3 Å². The normalized spacial score (nSPS) is 22.4. The van der Waals surface area contributed by atoms with E-state index < -0.39 is 0 Å². The van der Waals surface area contributed by atoms with Crippen LogP contribution in [0.4, 0.5) is 0 Å². The Hall–Kier alpha value is -0.450. The number of hydrogen-bond donors (Lipinski definition) is 1. The van der Waals surface area contributed by atoms with Gasteiger partial charge in [0.15, 0.2) is 0 Å². The highest BCUT2D eigenvalue weighted by Gasteiger charge is 2.12. The fourth-order valence-corrected chi connectivity index (χ4v) is 2.21. The molecule has 0 bridgehead atoms. The molecule has 1 aromatic heterocycles. The van der Waals surface area contributed by atoms with Gasteiger partial charge >= 0.3 is 0 Å². The first-order valence-electron chi connectivity index (χ1n) is 5.13. The van der Waals surface area contributed by atoms with Gasteiger partial charge in [-0.25, -0.2) is 0 Å². The Morgan fingerprint density at radius 1 is 1.57 bits per heavy atom. The molecular formula is C10H16N2OS. The molecule has 2 heterocycles. The molecular weight excluding hydrogens is 196 g/mol. The van der Waals surface area contributed by atoms with E-state index in [4.69, 9.17) is 4.74 Å². The maximum absolute atomic E-state index is 5.63. The highest BCUT2D eigenvalue weighted by molar-refractivity contribution is 7.09. The smallest absolute Gasteiger partial charge is 0.0826 e. The monoisotopic (exact) mass is 212 g/mol. The topological polar surface area (TPSA) is 34.1 Å². The molecule has 0 aromatic carbocycles. The molecule has 0 aliphatic carbocycles. The summed E-state index contributed by atoms with van der Waals surface area (Å²) in [5.74, 6) is 0. The molecule has 0 unspecified atom stereocenters. The summed E-state index contributed by atoms with van der Waals surface area (Å²) < 4.78 is 5.63. The summed E-state index contributed by atoms with van der Waals surface area (Å²) in [6.45, 7) is 2.69. The largest absolute Gasteiger partial charge is 0.374 e. The predicted molar refractivity (Wildman–Crippen MR) is 57.4 cm³/mol. The van der Waals surface area contributed by atoms with Gasteiger partial charge in [-0.15, -0.1) is 11.3 Å². The molecule has 1 N–H and O–H groups in total. The number of thiazole rings is 1. The molecule has 4 heteroatoms. The molecule has 1 saturated heterocycles. The second kappa shape index (κ2) is 5.44. The lowest BCUT2D eigenvalue weighted by molar-refractivity contribution is 0.0927. The number of nitrogens with zero attached hydrogens (tertiary/aromatic N) is 1. The zero-order chi connectivity index (χ0) is 9.64. The van der Waals surface area contributed by atoms with E-state index in [0.29, 0.717) is 12.6 Å². The fraction of sp³-hybridized carbons (Fsp3) is 0.700. The first kappa shape index (κ1) is 10.1. The third kappa shape index (κ3) is 3.04. The Labute approximate surface area is 88.5 Å². The van der Waals surface area contributed by atoms with Crippen molar-refractivity contribution in [2.45, 2.75) is 31.9 Å². The molecule has 0 saturated carbocycles. The second-order valence-corrected chi connectivity index (χ2v) is 4.60. The van der Waals surface area contributed by atoms with Crippen LogP contribution in [-0.2, 0) is 11.3 Å². The minimum atomic E-state index is 0.566. The van der Waals surface area contributed by atoms with E-state index in [9.17, 15) is 0 Å². The van der Waals surface area contributed by atoms with Gasteiger partial charge in [0, 0.05) is 12.2 Å². The molecule has 1 aromatic rings. The number of hydrogen-bond acceptors (Lipinski definition) is 4. The standard InChI is InChI=1S/C10H16N2OS/c1-2-4-12-9(3-1)6-13-7-10-5-11-8-14-10/h5,8-9,12H,1-4,6-7H2/t9-/m1/s1. The van der Waals surface area contributed by atoms with E-state index in [-0.39, 0.29) is 0 Å². The molecule has 1 atom stereocenters. The summed E-state index contributed by atoms with van der Waals surface area (Å²) in [6, 6.07) is 0.566. The zero-order valence-corrected chi connectivity index (χ0v) is 9.05. The maximum atomic E-state index is 5.63. The van der Waals surface area contributed by atoms with Crippen molar-refractivity contribution in [3.8, 4) is 0 Å². The number of piperidine rings is 1. The Bertz CT molecular complexity index is 245. The van der Waals surface area contributed by atoms with Crippen LogP contribution in [0.15, 0.2) is 11.7 Å². The van der Waals surface area contributed by atoms with E-state index >= 15 is 0 Å². The van der Waals surface area contributed by atoms with Gasteiger partial charge in [-0.1, -0.05) is 6.42 Å². The molecule has 0 radical (unpaired) electrons. The Balaban J connectivity index is 1.62. The first-order chi connectivity index (χ1) is 6.95. The fourth-order valence-electron chi connectivity index (χ4n) is 1.68. The molecule has 1 aliphatic rings. The van der Waals surface area contributed by atoms with Crippen LogP contribution < -0.4 is 5.32 Å². The van der Waals surface area contributed by atoms with Crippen LogP contribution in [0.2, 0.25) is 0 Å².